The fourth-order valence-corrected chi connectivity index (χ4v) is 3.80. The van der Waals surface area contributed by atoms with Crippen LogP contribution in [0.5, 0.6) is 0 Å². The van der Waals surface area contributed by atoms with Gasteiger partial charge in [0.05, 0.1) is 42.6 Å². The minimum atomic E-state index is -0.0157. The Balaban J connectivity index is 1.64. The Bertz CT molecular complexity index is 961. The van der Waals surface area contributed by atoms with E-state index in [4.69, 9.17) is 20.4 Å². The minimum absolute atomic E-state index is 0.0157. The quantitative estimate of drug-likeness (QED) is 0.664. The molecule has 10 heteroatoms. The lowest BCUT2D eigenvalue weighted by molar-refractivity contribution is 0.0299. The molecule has 0 amide bonds. The van der Waals surface area contributed by atoms with Crippen molar-refractivity contribution >= 4 is 22.9 Å². The van der Waals surface area contributed by atoms with Crippen LogP contribution in [0, 0.1) is 0 Å². The minimum Gasteiger partial charge on any atom is -0.394 e. The number of nitrogens with zero attached hydrogens (tertiary/aromatic N) is 7. The van der Waals surface area contributed by atoms with Gasteiger partial charge >= 0.3 is 0 Å². The van der Waals surface area contributed by atoms with Crippen molar-refractivity contribution in [2.75, 3.05) is 30.3 Å². The van der Waals surface area contributed by atoms with E-state index in [1.165, 1.54) is 0 Å². The van der Waals surface area contributed by atoms with Gasteiger partial charge in [-0.3, -0.25) is 0 Å². The number of aliphatic hydroxyl groups excluding tert-OH is 1. The Labute approximate surface area is 155 Å². The second kappa shape index (κ2) is 6.39. The summed E-state index contributed by atoms with van der Waals surface area (Å²) in [5.41, 5.74) is 7.76. The maximum atomic E-state index is 9.35. The molecule has 0 spiro atoms. The van der Waals surface area contributed by atoms with E-state index in [-0.39, 0.29) is 24.8 Å². The van der Waals surface area contributed by atoms with Gasteiger partial charge in [-0.2, -0.15) is 10.1 Å². The molecule has 10 nitrogen and oxygen atoms in total. The van der Waals surface area contributed by atoms with Crippen LogP contribution in [0.2, 0.25) is 0 Å². The number of rotatable bonds is 4. The van der Waals surface area contributed by atoms with Gasteiger partial charge in [0.15, 0.2) is 5.65 Å². The topological polar surface area (TPSA) is 128 Å². The van der Waals surface area contributed by atoms with E-state index in [2.05, 4.69) is 20.0 Å². The Morgan fingerprint density at radius 2 is 1.85 bits per heavy atom. The molecule has 0 radical (unpaired) electrons. The first-order valence-electron chi connectivity index (χ1n) is 9.04. The zero-order valence-electron chi connectivity index (χ0n) is 14.7. The second-order valence-corrected chi connectivity index (χ2v) is 6.89. The lowest BCUT2D eigenvalue weighted by Gasteiger charge is -2.32. The molecule has 2 atom stereocenters. The standard InChI is InChI=1S/C17H20N8O2/c18-16-19-5-10(6-20-16)14-13-7-21-25(3-4-26)15(13)23-17(22-14)24-8-11-1-2-12(9-24)27-11/h5-7,11-12,26H,1-4,8-9H2,(H2,18,19,20). The predicted octanol–water partition coefficient (Wildman–Crippen LogP) is 0.225. The van der Waals surface area contributed by atoms with Crippen molar-refractivity contribution in [2.24, 2.45) is 0 Å². The van der Waals surface area contributed by atoms with Crippen molar-refractivity contribution in [3.05, 3.63) is 18.6 Å². The van der Waals surface area contributed by atoms with Gasteiger partial charge in [-0.05, 0) is 12.8 Å². The third kappa shape index (κ3) is 2.86. The van der Waals surface area contributed by atoms with Crippen LogP contribution in [0.3, 0.4) is 0 Å². The van der Waals surface area contributed by atoms with Crippen molar-refractivity contribution in [1.82, 2.24) is 29.7 Å². The van der Waals surface area contributed by atoms with Crippen molar-refractivity contribution < 1.29 is 9.84 Å². The Hall–Kier alpha value is -2.85. The lowest BCUT2D eigenvalue weighted by atomic mass is 10.2. The Morgan fingerprint density at radius 3 is 2.56 bits per heavy atom. The van der Waals surface area contributed by atoms with E-state index in [1.807, 2.05) is 0 Å². The number of hydrogen-bond donors (Lipinski definition) is 2. The smallest absolute Gasteiger partial charge is 0.228 e. The van der Waals surface area contributed by atoms with Gasteiger partial charge in [0.1, 0.15) is 0 Å². The summed E-state index contributed by atoms with van der Waals surface area (Å²) < 4.78 is 7.62. The maximum absolute atomic E-state index is 9.35. The predicted molar refractivity (Wildman–Crippen MR) is 98.0 cm³/mol. The highest BCUT2D eigenvalue weighted by Gasteiger charge is 2.35. The highest BCUT2D eigenvalue weighted by Crippen LogP contribution is 2.32. The summed E-state index contributed by atoms with van der Waals surface area (Å²) in [5, 5.41) is 14.5. The monoisotopic (exact) mass is 368 g/mol. The molecule has 3 aromatic rings. The number of morpholine rings is 1. The number of anilines is 2. The average Bonchev–Trinajstić information content (AvgIpc) is 3.24. The summed E-state index contributed by atoms with van der Waals surface area (Å²) in [7, 11) is 0. The van der Waals surface area contributed by atoms with E-state index in [0.717, 1.165) is 36.9 Å². The average molecular weight is 368 g/mol. The molecule has 2 aliphatic rings. The van der Waals surface area contributed by atoms with Gasteiger partial charge in [0.25, 0.3) is 0 Å². The SMILES string of the molecule is Nc1ncc(-c2nc(N3CC4CCC(C3)O4)nc3c2cnn3CCO)cn1. The molecule has 0 aliphatic carbocycles. The number of aromatic nitrogens is 6. The molecule has 2 bridgehead atoms. The zero-order chi connectivity index (χ0) is 18.4. The van der Waals surface area contributed by atoms with Gasteiger partial charge in [0.2, 0.25) is 11.9 Å². The second-order valence-electron chi connectivity index (χ2n) is 6.89. The summed E-state index contributed by atoms with van der Waals surface area (Å²) in [6.07, 6.45) is 7.63. The van der Waals surface area contributed by atoms with Crippen LogP contribution in [-0.4, -0.2) is 66.7 Å². The number of nitrogen functional groups attached to an aromatic ring is 1. The number of hydrogen-bond acceptors (Lipinski definition) is 9. The summed E-state index contributed by atoms with van der Waals surface area (Å²) in [6.45, 7) is 1.89. The molecular formula is C17H20N8O2. The molecule has 0 saturated carbocycles. The van der Waals surface area contributed by atoms with Crippen LogP contribution in [0.15, 0.2) is 18.6 Å². The number of fused-ring (bicyclic) bond motifs is 3. The first-order valence-corrected chi connectivity index (χ1v) is 9.04. The molecule has 0 aromatic carbocycles. The first kappa shape index (κ1) is 16.3. The maximum Gasteiger partial charge on any atom is 0.228 e. The third-order valence-corrected chi connectivity index (χ3v) is 5.07. The van der Waals surface area contributed by atoms with Crippen LogP contribution in [0.4, 0.5) is 11.9 Å². The molecule has 27 heavy (non-hydrogen) atoms. The van der Waals surface area contributed by atoms with Crippen molar-refractivity contribution in [3.8, 4) is 11.3 Å². The Morgan fingerprint density at radius 1 is 1.11 bits per heavy atom. The highest BCUT2D eigenvalue weighted by molar-refractivity contribution is 5.90. The number of aliphatic hydroxyl groups is 1. The fraction of sp³-hybridized carbons (Fsp3) is 0.471. The van der Waals surface area contributed by atoms with Crippen LogP contribution < -0.4 is 10.6 Å². The molecule has 5 heterocycles. The van der Waals surface area contributed by atoms with Crippen LogP contribution in [0.25, 0.3) is 22.3 Å². The number of ether oxygens (including phenoxy) is 1. The van der Waals surface area contributed by atoms with E-state index in [0.29, 0.717) is 23.8 Å². The van der Waals surface area contributed by atoms with Crippen molar-refractivity contribution in [3.63, 3.8) is 0 Å². The molecule has 5 rings (SSSR count). The normalized spacial score (nSPS) is 21.9. The molecule has 2 fully saturated rings. The van der Waals surface area contributed by atoms with Gasteiger partial charge in [-0.1, -0.05) is 0 Å². The Kier molecular flexibility index (Phi) is 3.87. The van der Waals surface area contributed by atoms with Crippen LogP contribution in [0.1, 0.15) is 12.8 Å². The van der Waals surface area contributed by atoms with Crippen molar-refractivity contribution in [1.29, 1.82) is 0 Å². The largest absolute Gasteiger partial charge is 0.394 e. The summed E-state index contributed by atoms with van der Waals surface area (Å²) >= 11 is 0. The van der Waals surface area contributed by atoms with Gasteiger partial charge < -0.3 is 20.5 Å². The van der Waals surface area contributed by atoms with E-state index < -0.39 is 0 Å². The molecule has 140 valence electrons. The molecule has 2 saturated heterocycles. The summed E-state index contributed by atoms with van der Waals surface area (Å²) in [4.78, 5) is 19.9. The summed E-state index contributed by atoms with van der Waals surface area (Å²) in [5.74, 6) is 0.846. The fourth-order valence-electron chi connectivity index (χ4n) is 3.80. The molecule has 3 aromatic heterocycles. The van der Waals surface area contributed by atoms with E-state index in [1.54, 1.807) is 23.3 Å². The van der Waals surface area contributed by atoms with Crippen LogP contribution in [-0.2, 0) is 11.3 Å². The van der Waals surface area contributed by atoms with Crippen molar-refractivity contribution in [2.45, 2.75) is 31.6 Å². The summed E-state index contributed by atoms with van der Waals surface area (Å²) in [6, 6.07) is 0. The lowest BCUT2D eigenvalue weighted by Crippen LogP contribution is -2.43. The molecule has 2 aliphatic heterocycles. The van der Waals surface area contributed by atoms with Gasteiger partial charge in [-0.25, -0.2) is 19.6 Å². The molecular weight excluding hydrogens is 348 g/mol. The highest BCUT2D eigenvalue weighted by atomic mass is 16.5. The van der Waals surface area contributed by atoms with E-state index in [9.17, 15) is 5.11 Å². The van der Waals surface area contributed by atoms with Gasteiger partial charge in [0, 0.05) is 31.0 Å². The van der Waals surface area contributed by atoms with Gasteiger partial charge in [-0.15, -0.1) is 0 Å². The zero-order valence-corrected chi connectivity index (χ0v) is 14.7. The molecule has 3 N–H and O–H groups in total. The van der Waals surface area contributed by atoms with E-state index >= 15 is 0 Å². The molecule has 2 unspecified atom stereocenters. The number of nitrogens with two attached hydrogens (primary N) is 1. The first-order chi connectivity index (χ1) is 13.2. The third-order valence-electron chi connectivity index (χ3n) is 5.07. The van der Waals surface area contributed by atoms with Crippen LogP contribution >= 0.6 is 0 Å².